The highest BCUT2D eigenvalue weighted by Crippen LogP contribution is 2.35. The van der Waals surface area contributed by atoms with Crippen molar-refractivity contribution in [1.82, 2.24) is 10.2 Å². The molecule has 0 bridgehead atoms. The van der Waals surface area contributed by atoms with Crippen molar-refractivity contribution < 1.29 is 4.74 Å². The Morgan fingerprint density at radius 1 is 1.27 bits per heavy atom. The number of aliphatic imine (C=N–C) groups is 1. The summed E-state index contributed by atoms with van der Waals surface area (Å²) >= 11 is 2.08. The van der Waals surface area contributed by atoms with Crippen LogP contribution in [0.4, 0.5) is 0 Å². The van der Waals surface area contributed by atoms with Crippen molar-refractivity contribution in [3.8, 4) is 0 Å². The van der Waals surface area contributed by atoms with Crippen molar-refractivity contribution in [2.45, 2.75) is 44.8 Å². The Labute approximate surface area is 157 Å². The summed E-state index contributed by atoms with van der Waals surface area (Å²) in [6.07, 6.45) is 3.53. The molecule has 1 N–H and O–H groups in total. The van der Waals surface area contributed by atoms with Crippen molar-refractivity contribution >= 4 is 41.7 Å². The molecule has 2 rings (SSSR count). The zero-order chi connectivity index (χ0) is 15.3. The van der Waals surface area contributed by atoms with Gasteiger partial charge in [0, 0.05) is 44.6 Å². The zero-order valence-corrected chi connectivity index (χ0v) is 17.6. The molecule has 0 aliphatic carbocycles. The topological polar surface area (TPSA) is 36.9 Å². The highest BCUT2D eigenvalue weighted by Gasteiger charge is 2.35. The Bertz CT molecular complexity index is 365. The molecule has 22 heavy (non-hydrogen) atoms. The van der Waals surface area contributed by atoms with E-state index < -0.39 is 0 Å². The van der Waals surface area contributed by atoms with E-state index in [0.717, 1.165) is 57.4 Å². The average Bonchev–Trinajstić information content (AvgIpc) is 2.81. The van der Waals surface area contributed by atoms with Crippen LogP contribution in [0.25, 0.3) is 0 Å². The molecule has 0 spiro atoms. The SMILES string of the molecule is CCSC1(CNC(=NC)N2CCC(C)(C)C2)CCOCC1.I. The van der Waals surface area contributed by atoms with Gasteiger partial charge in [0.2, 0.25) is 0 Å². The van der Waals surface area contributed by atoms with Gasteiger partial charge in [0.15, 0.2) is 5.96 Å². The summed E-state index contributed by atoms with van der Waals surface area (Å²) in [6, 6.07) is 0. The van der Waals surface area contributed by atoms with Crippen LogP contribution in [0.3, 0.4) is 0 Å². The molecule has 2 fully saturated rings. The third kappa shape index (κ3) is 5.44. The van der Waals surface area contributed by atoms with Crippen molar-refractivity contribution in [3.05, 3.63) is 0 Å². The summed E-state index contributed by atoms with van der Waals surface area (Å²) in [5, 5.41) is 3.64. The molecule has 6 heteroatoms. The van der Waals surface area contributed by atoms with E-state index in [-0.39, 0.29) is 24.0 Å². The predicted octanol–water partition coefficient (Wildman–Crippen LogP) is 3.21. The number of thioether (sulfide) groups is 1. The molecule has 2 aliphatic heterocycles. The number of nitrogens with one attached hydrogen (secondary N) is 1. The van der Waals surface area contributed by atoms with Gasteiger partial charge < -0.3 is 15.0 Å². The standard InChI is InChI=1S/C16H31N3OS.HI/c1-5-21-16(7-10-20-11-8-16)12-18-14(17-4)19-9-6-15(2,3)13-19;/h5-13H2,1-4H3,(H,17,18);1H. The first-order chi connectivity index (χ1) is 10.0. The lowest BCUT2D eigenvalue weighted by atomic mass is 9.93. The summed E-state index contributed by atoms with van der Waals surface area (Å²) in [5.74, 6) is 2.24. The van der Waals surface area contributed by atoms with E-state index in [1.807, 2.05) is 7.05 Å². The minimum absolute atomic E-state index is 0. The van der Waals surface area contributed by atoms with Gasteiger partial charge in [-0.15, -0.1) is 24.0 Å². The molecule has 0 aromatic carbocycles. The largest absolute Gasteiger partial charge is 0.381 e. The quantitative estimate of drug-likeness (QED) is 0.413. The van der Waals surface area contributed by atoms with Crippen LogP contribution in [0.5, 0.6) is 0 Å². The summed E-state index contributed by atoms with van der Waals surface area (Å²) in [7, 11) is 1.90. The van der Waals surface area contributed by atoms with Crippen LogP contribution in [-0.4, -0.2) is 61.3 Å². The molecule has 0 amide bonds. The van der Waals surface area contributed by atoms with Gasteiger partial charge in [-0.3, -0.25) is 4.99 Å². The monoisotopic (exact) mass is 441 g/mol. The smallest absolute Gasteiger partial charge is 0.193 e. The van der Waals surface area contributed by atoms with E-state index in [4.69, 9.17) is 4.74 Å². The van der Waals surface area contributed by atoms with Gasteiger partial charge in [0.25, 0.3) is 0 Å². The number of hydrogen-bond donors (Lipinski definition) is 1. The lowest BCUT2D eigenvalue weighted by Crippen LogP contribution is -2.49. The Morgan fingerprint density at radius 3 is 2.45 bits per heavy atom. The molecule has 0 atom stereocenters. The highest BCUT2D eigenvalue weighted by atomic mass is 127. The second-order valence-electron chi connectivity index (χ2n) is 6.96. The second-order valence-corrected chi connectivity index (χ2v) is 8.70. The van der Waals surface area contributed by atoms with Crippen LogP contribution >= 0.6 is 35.7 Å². The summed E-state index contributed by atoms with van der Waals surface area (Å²) in [5.41, 5.74) is 0.409. The molecule has 0 aromatic heterocycles. The first-order valence-electron chi connectivity index (χ1n) is 8.18. The fourth-order valence-electron chi connectivity index (χ4n) is 3.29. The number of rotatable bonds is 4. The summed E-state index contributed by atoms with van der Waals surface area (Å²) in [4.78, 5) is 6.91. The van der Waals surface area contributed by atoms with Crippen molar-refractivity contribution in [3.63, 3.8) is 0 Å². The zero-order valence-electron chi connectivity index (χ0n) is 14.5. The minimum atomic E-state index is 0. The summed E-state index contributed by atoms with van der Waals surface area (Å²) in [6.45, 7) is 11.9. The van der Waals surface area contributed by atoms with Crippen LogP contribution in [0, 0.1) is 5.41 Å². The highest BCUT2D eigenvalue weighted by molar-refractivity contribution is 14.0. The summed E-state index contributed by atoms with van der Waals surface area (Å²) < 4.78 is 5.87. The van der Waals surface area contributed by atoms with Gasteiger partial charge >= 0.3 is 0 Å². The predicted molar refractivity (Wildman–Crippen MR) is 108 cm³/mol. The molecule has 2 heterocycles. The van der Waals surface area contributed by atoms with Crippen molar-refractivity contribution in [2.24, 2.45) is 10.4 Å². The van der Waals surface area contributed by atoms with Gasteiger partial charge in [0.05, 0.1) is 0 Å². The molecular formula is C16H32IN3OS. The molecule has 2 saturated heterocycles. The maximum atomic E-state index is 5.55. The van der Waals surface area contributed by atoms with Gasteiger partial charge in [-0.2, -0.15) is 11.8 Å². The molecule has 0 saturated carbocycles. The molecular weight excluding hydrogens is 409 g/mol. The van der Waals surface area contributed by atoms with Crippen LogP contribution in [-0.2, 0) is 4.74 Å². The number of halogens is 1. The van der Waals surface area contributed by atoms with Crippen LogP contribution < -0.4 is 5.32 Å². The molecule has 2 aliphatic rings. The number of likely N-dealkylation sites (tertiary alicyclic amines) is 1. The number of guanidine groups is 1. The molecule has 130 valence electrons. The minimum Gasteiger partial charge on any atom is -0.381 e. The van der Waals surface area contributed by atoms with Gasteiger partial charge in [0.1, 0.15) is 0 Å². The lowest BCUT2D eigenvalue weighted by molar-refractivity contribution is 0.0780. The molecule has 0 radical (unpaired) electrons. The Balaban J connectivity index is 0.00000242. The van der Waals surface area contributed by atoms with Crippen molar-refractivity contribution in [2.75, 3.05) is 45.6 Å². The fourth-order valence-corrected chi connectivity index (χ4v) is 4.53. The maximum Gasteiger partial charge on any atom is 0.193 e. The third-order valence-electron chi connectivity index (χ3n) is 4.61. The van der Waals surface area contributed by atoms with Gasteiger partial charge in [-0.05, 0) is 30.4 Å². The van der Waals surface area contributed by atoms with E-state index in [9.17, 15) is 0 Å². The molecule has 0 unspecified atom stereocenters. The number of hydrogen-bond acceptors (Lipinski definition) is 3. The second kappa shape index (κ2) is 8.97. The van der Waals surface area contributed by atoms with Crippen LogP contribution in [0.2, 0.25) is 0 Å². The van der Waals surface area contributed by atoms with Crippen LogP contribution in [0.15, 0.2) is 4.99 Å². The lowest BCUT2D eigenvalue weighted by Gasteiger charge is -2.37. The maximum absolute atomic E-state index is 5.55. The van der Waals surface area contributed by atoms with E-state index >= 15 is 0 Å². The van der Waals surface area contributed by atoms with Gasteiger partial charge in [-0.25, -0.2) is 0 Å². The van der Waals surface area contributed by atoms with E-state index in [1.165, 1.54) is 6.42 Å². The van der Waals surface area contributed by atoms with E-state index in [1.54, 1.807) is 0 Å². The first-order valence-corrected chi connectivity index (χ1v) is 9.16. The fraction of sp³-hybridized carbons (Fsp3) is 0.938. The number of nitrogens with zero attached hydrogens (tertiary/aromatic N) is 2. The Kier molecular flexibility index (Phi) is 8.30. The van der Waals surface area contributed by atoms with E-state index in [2.05, 4.69) is 47.7 Å². The Hall–Kier alpha value is 0.310. The average molecular weight is 441 g/mol. The van der Waals surface area contributed by atoms with Crippen LogP contribution in [0.1, 0.15) is 40.0 Å². The van der Waals surface area contributed by atoms with E-state index in [0.29, 0.717) is 10.2 Å². The molecule has 0 aromatic rings. The Morgan fingerprint density at radius 2 is 1.95 bits per heavy atom. The number of ether oxygens (including phenoxy) is 1. The third-order valence-corrected chi connectivity index (χ3v) is 6.07. The first kappa shape index (κ1) is 20.4. The van der Waals surface area contributed by atoms with Crippen molar-refractivity contribution in [1.29, 1.82) is 0 Å². The normalized spacial score (nSPS) is 24.0. The van der Waals surface area contributed by atoms with Gasteiger partial charge in [-0.1, -0.05) is 20.8 Å². The molecule has 4 nitrogen and oxygen atoms in total.